The van der Waals surface area contributed by atoms with Gasteiger partial charge in [0.2, 0.25) is 0 Å². The lowest BCUT2D eigenvalue weighted by molar-refractivity contribution is -0.252. The average Bonchev–Trinajstić information content (AvgIpc) is 2.91. The highest BCUT2D eigenvalue weighted by Gasteiger charge is 2.44. The van der Waals surface area contributed by atoms with E-state index < -0.39 is 43.1 Å². The third-order valence-electron chi connectivity index (χ3n) is 3.35. The van der Waals surface area contributed by atoms with E-state index in [1.54, 1.807) is 0 Å². The standard InChI is InChI=1S/C15H13F6N3O2/c1-24-10(7-17)12(9(6-16)23-24)13(25)22-8-4-2-3-5-11(8)26-15(20,21)14(18)19/h2-5,14H,6-7H2,1H3,(H,22,25). The van der Waals surface area contributed by atoms with Crippen LogP contribution in [0.15, 0.2) is 24.3 Å². The molecule has 0 aliphatic rings. The van der Waals surface area contributed by atoms with E-state index in [9.17, 15) is 31.1 Å². The van der Waals surface area contributed by atoms with Crippen molar-refractivity contribution in [3.05, 3.63) is 41.2 Å². The molecule has 0 spiro atoms. The number of aromatic nitrogens is 2. The highest BCUT2D eigenvalue weighted by molar-refractivity contribution is 6.06. The minimum Gasteiger partial charge on any atom is -0.426 e. The van der Waals surface area contributed by atoms with Gasteiger partial charge < -0.3 is 10.1 Å². The summed E-state index contributed by atoms with van der Waals surface area (Å²) in [6.07, 6.45) is -8.88. The fraction of sp³-hybridized carbons (Fsp3) is 0.333. The molecule has 1 aromatic carbocycles. The summed E-state index contributed by atoms with van der Waals surface area (Å²) >= 11 is 0. The molecule has 0 fully saturated rings. The number of anilines is 1. The zero-order chi connectivity index (χ0) is 19.5. The summed E-state index contributed by atoms with van der Waals surface area (Å²) in [6.45, 7) is -2.30. The van der Waals surface area contributed by atoms with Crippen LogP contribution in [0, 0.1) is 0 Å². The highest BCUT2D eigenvalue weighted by atomic mass is 19.3. The number of nitrogens with zero attached hydrogens (tertiary/aromatic N) is 2. The molecule has 0 atom stereocenters. The maximum Gasteiger partial charge on any atom is 0.461 e. The molecule has 1 amide bonds. The largest absolute Gasteiger partial charge is 0.461 e. The summed E-state index contributed by atoms with van der Waals surface area (Å²) < 4.78 is 81.9. The quantitative estimate of drug-likeness (QED) is 0.742. The average molecular weight is 381 g/mol. The normalized spacial score (nSPS) is 11.7. The molecule has 0 radical (unpaired) electrons. The van der Waals surface area contributed by atoms with E-state index in [0.29, 0.717) is 0 Å². The van der Waals surface area contributed by atoms with E-state index in [1.165, 1.54) is 19.2 Å². The molecule has 11 heteroatoms. The second-order valence-corrected chi connectivity index (χ2v) is 5.07. The first-order chi connectivity index (χ1) is 12.2. The number of alkyl halides is 6. The van der Waals surface area contributed by atoms with Gasteiger partial charge in [0.25, 0.3) is 5.91 Å². The van der Waals surface area contributed by atoms with Crippen LogP contribution < -0.4 is 10.1 Å². The van der Waals surface area contributed by atoms with Gasteiger partial charge in [-0.05, 0) is 12.1 Å². The number of para-hydroxylation sites is 2. The Morgan fingerprint density at radius 3 is 2.50 bits per heavy atom. The molecule has 0 saturated carbocycles. The van der Waals surface area contributed by atoms with Crippen LogP contribution in [0.2, 0.25) is 0 Å². The molecular formula is C15H13F6N3O2. The number of hydrogen-bond acceptors (Lipinski definition) is 3. The van der Waals surface area contributed by atoms with Crippen molar-refractivity contribution in [3.63, 3.8) is 0 Å². The van der Waals surface area contributed by atoms with Crippen molar-refractivity contribution in [2.45, 2.75) is 25.9 Å². The van der Waals surface area contributed by atoms with E-state index >= 15 is 0 Å². The topological polar surface area (TPSA) is 56.2 Å². The van der Waals surface area contributed by atoms with E-state index in [4.69, 9.17) is 0 Å². The minimum absolute atomic E-state index is 0.230. The van der Waals surface area contributed by atoms with Gasteiger partial charge in [0, 0.05) is 7.05 Å². The molecular weight excluding hydrogens is 368 g/mol. The summed E-state index contributed by atoms with van der Waals surface area (Å²) in [5.74, 6) is -1.78. The van der Waals surface area contributed by atoms with Crippen LogP contribution in [0.4, 0.5) is 32.0 Å². The van der Waals surface area contributed by atoms with E-state index in [-0.39, 0.29) is 17.1 Å². The lowest BCUT2D eigenvalue weighted by atomic mass is 10.1. The van der Waals surface area contributed by atoms with Crippen LogP contribution in [-0.2, 0) is 20.4 Å². The number of amides is 1. The van der Waals surface area contributed by atoms with Crippen LogP contribution in [0.25, 0.3) is 0 Å². The number of aryl methyl sites for hydroxylation is 1. The molecule has 1 heterocycles. The van der Waals surface area contributed by atoms with Crippen LogP contribution in [-0.4, -0.2) is 28.2 Å². The first-order valence-electron chi connectivity index (χ1n) is 7.13. The van der Waals surface area contributed by atoms with Gasteiger partial charge in [-0.25, -0.2) is 8.78 Å². The number of ether oxygens (including phenoxy) is 1. The Morgan fingerprint density at radius 1 is 1.27 bits per heavy atom. The maximum atomic E-state index is 13.1. The highest BCUT2D eigenvalue weighted by Crippen LogP contribution is 2.33. The minimum atomic E-state index is -4.79. The van der Waals surface area contributed by atoms with E-state index in [2.05, 4.69) is 15.2 Å². The number of rotatable bonds is 7. The number of nitrogens with one attached hydrogen (secondary N) is 1. The SMILES string of the molecule is Cn1nc(CF)c(C(=O)Nc2ccccc2OC(F)(F)C(F)F)c1CF. The molecule has 1 N–H and O–H groups in total. The summed E-state index contributed by atoms with van der Waals surface area (Å²) in [6, 6.07) is 4.58. The summed E-state index contributed by atoms with van der Waals surface area (Å²) in [4.78, 5) is 12.3. The van der Waals surface area contributed by atoms with Crippen molar-refractivity contribution in [2.75, 3.05) is 5.32 Å². The number of benzene rings is 1. The van der Waals surface area contributed by atoms with Crippen molar-refractivity contribution in [3.8, 4) is 5.75 Å². The molecule has 0 saturated heterocycles. The van der Waals surface area contributed by atoms with Crippen LogP contribution >= 0.6 is 0 Å². The Labute approximate surface area is 143 Å². The molecule has 1 aromatic heterocycles. The van der Waals surface area contributed by atoms with Gasteiger partial charge in [-0.15, -0.1) is 0 Å². The van der Waals surface area contributed by atoms with Crippen molar-refractivity contribution in [1.82, 2.24) is 9.78 Å². The van der Waals surface area contributed by atoms with Gasteiger partial charge in [-0.1, -0.05) is 12.1 Å². The van der Waals surface area contributed by atoms with Gasteiger partial charge in [-0.3, -0.25) is 9.48 Å². The van der Waals surface area contributed by atoms with Gasteiger partial charge in [0.1, 0.15) is 24.8 Å². The number of halogens is 6. The smallest absolute Gasteiger partial charge is 0.426 e. The monoisotopic (exact) mass is 381 g/mol. The predicted molar refractivity (Wildman–Crippen MR) is 78.8 cm³/mol. The molecule has 142 valence electrons. The molecule has 0 unspecified atom stereocenters. The molecule has 2 aromatic rings. The van der Waals surface area contributed by atoms with Crippen molar-refractivity contribution in [2.24, 2.45) is 7.05 Å². The van der Waals surface area contributed by atoms with E-state index in [0.717, 1.165) is 16.8 Å². The van der Waals surface area contributed by atoms with Crippen molar-refractivity contribution >= 4 is 11.6 Å². The molecule has 2 rings (SSSR count). The zero-order valence-electron chi connectivity index (χ0n) is 13.3. The maximum absolute atomic E-state index is 13.1. The number of hydrogen-bond donors (Lipinski definition) is 1. The molecule has 0 aliphatic carbocycles. The van der Waals surface area contributed by atoms with Gasteiger partial charge in [0.15, 0.2) is 0 Å². The lowest BCUT2D eigenvalue weighted by Crippen LogP contribution is -2.33. The Hall–Kier alpha value is -2.72. The summed E-state index contributed by atoms with van der Waals surface area (Å²) in [7, 11) is 1.30. The summed E-state index contributed by atoms with van der Waals surface area (Å²) in [5, 5.41) is 5.78. The fourth-order valence-electron chi connectivity index (χ4n) is 2.16. The second-order valence-electron chi connectivity index (χ2n) is 5.07. The lowest BCUT2D eigenvalue weighted by Gasteiger charge is -2.19. The van der Waals surface area contributed by atoms with Crippen LogP contribution in [0.1, 0.15) is 21.7 Å². The van der Waals surface area contributed by atoms with Crippen LogP contribution in [0.5, 0.6) is 5.75 Å². The third kappa shape index (κ3) is 3.92. The third-order valence-corrected chi connectivity index (χ3v) is 3.35. The van der Waals surface area contributed by atoms with Gasteiger partial charge >= 0.3 is 12.5 Å². The fourth-order valence-corrected chi connectivity index (χ4v) is 2.16. The first-order valence-corrected chi connectivity index (χ1v) is 7.13. The van der Waals surface area contributed by atoms with E-state index in [1.807, 2.05) is 0 Å². The van der Waals surface area contributed by atoms with Crippen molar-refractivity contribution in [1.29, 1.82) is 0 Å². The first kappa shape index (κ1) is 19.6. The predicted octanol–water partition coefficient (Wildman–Crippen LogP) is 3.85. The Morgan fingerprint density at radius 2 is 1.92 bits per heavy atom. The van der Waals surface area contributed by atoms with Crippen molar-refractivity contribution < 1.29 is 35.9 Å². The second kappa shape index (κ2) is 7.67. The number of carbonyl (C=O) groups excluding carboxylic acids is 1. The number of carbonyl (C=O) groups is 1. The molecule has 0 aliphatic heterocycles. The Kier molecular flexibility index (Phi) is 5.78. The van der Waals surface area contributed by atoms with Gasteiger partial charge in [0.05, 0.1) is 16.9 Å². The molecule has 0 bridgehead atoms. The molecule has 5 nitrogen and oxygen atoms in total. The summed E-state index contributed by atoms with van der Waals surface area (Å²) in [5.41, 5.74) is -1.37. The Bertz CT molecular complexity index is 794. The van der Waals surface area contributed by atoms with Gasteiger partial charge in [-0.2, -0.15) is 22.7 Å². The van der Waals surface area contributed by atoms with Crippen LogP contribution in [0.3, 0.4) is 0 Å². The zero-order valence-corrected chi connectivity index (χ0v) is 13.3. The Balaban J connectivity index is 2.34. The molecule has 26 heavy (non-hydrogen) atoms.